The third-order valence-corrected chi connectivity index (χ3v) is 2.98. The lowest BCUT2D eigenvalue weighted by molar-refractivity contribution is 0.0963. The number of carbonyl (C=O) groups excluding carboxylic acids is 1. The molecule has 0 aliphatic carbocycles. The van der Waals surface area contributed by atoms with Crippen LogP contribution in [0.3, 0.4) is 0 Å². The zero-order chi connectivity index (χ0) is 14.7. The molecular weight excluding hydrogens is 257 g/mol. The second kappa shape index (κ2) is 5.61. The van der Waals surface area contributed by atoms with E-state index in [0.717, 1.165) is 5.69 Å². The van der Waals surface area contributed by atoms with Crippen LogP contribution in [-0.2, 0) is 0 Å². The summed E-state index contributed by atoms with van der Waals surface area (Å²) in [7, 11) is 1.56. The van der Waals surface area contributed by atoms with E-state index >= 15 is 0 Å². The highest BCUT2D eigenvalue weighted by Crippen LogP contribution is 2.25. The fraction of sp³-hybridized carbons (Fsp3) is 0.133. The number of nitrogen functional groups attached to an aromatic ring is 1. The van der Waals surface area contributed by atoms with Gasteiger partial charge in [-0.05, 0) is 48.9 Å². The fourth-order valence-electron chi connectivity index (χ4n) is 1.84. The molecule has 4 N–H and O–H groups in total. The summed E-state index contributed by atoms with van der Waals surface area (Å²) < 4.78 is 13.2. The van der Waals surface area contributed by atoms with Crippen molar-refractivity contribution in [2.75, 3.05) is 18.1 Å². The first kappa shape index (κ1) is 13.9. The average Bonchev–Trinajstić information content (AvgIpc) is 2.44. The molecule has 4 nitrogen and oxygen atoms in total. The van der Waals surface area contributed by atoms with Gasteiger partial charge < -0.3 is 16.4 Å². The number of carbonyl (C=O) groups is 1. The van der Waals surface area contributed by atoms with Gasteiger partial charge >= 0.3 is 0 Å². The molecule has 0 aliphatic heterocycles. The smallest absolute Gasteiger partial charge is 0.251 e. The van der Waals surface area contributed by atoms with E-state index in [2.05, 4.69) is 10.6 Å². The van der Waals surface area contributed by atoms with Crippen molar-refractivity contribution in [1.29, 1.82) is 0 Å². The second-order valence-corrected chi connectivity index (χ2v) is 4.47. The molecule has 0 radical (unpaired) electrons. The molecule has 1 amide bonds. The first-order chi connectivity index (χ1) is 9.51. The molecule has 0 saturated heterocycles. The Balaban J connectivity index is 2.25. The standard InChI is InChI=1S/C15H16FN3O/c1-9-7-11(4-5-12(9)16)19-14-6-3-10(8-13(14)17)15(20)18-2/h3-8,19H,17H2,1-2H3,(H,18,20). The Labute approximate surface area is 116 Å². The minimum absolute atomic E-state index is 0.194. The molecule has 2 aromatic carbocycles. The number of benzene rings is 2. The summed E-state index contributed by atoms with van der Waals surface area (Å²) in [5.41, 5.74) is 8.82. The Bertz CT molecular complexity index is 656. The summed E-state index contributed by atoms with van der Waals surface area (Å²) in [5.74, 6) is -0.445. The van der Waals surface area contributed by atoms with Crippen LogP contribution < -0.4 is 16.4 Å². The van der Waals surface area contributed by atoms with Crippen LogP contribution in [0.1, 0.15) is 15.9 Å². The van der Waals surface area contributed by atoms with Gasteiger partial charge in [0.1, 0.15) is 5.82 Å². The van der Waals surface area contributed by atoms with Crippen molar-refractivity contribution in [2.45, 2.75) is 6.92 Å². The minimum atomic E-state index is -0.251. The van der Waals surface area contributed by atoms with Crippen LogP contribution in [0.4, 0.5) is 21.5 Å². The lowest BCUT2D eigenvalue weighted by atomic mass is 10.1. The fourth-order valence-corrected chi connectivity index (χ4v) is 1.84. The number of halogens is 1. The highest BCUT2D eigenvalue weighted by Gasteiger charge is 2.07. The van der Waals surface area contributed by atoms with Crippen LogP contribution in [0.15, 0.2) is 36.4 Å². The third kappa shape index (κ3) is 2.88. The lowest BCUT2D eigenvalue weighted by Crippen LogP contribution is -2.17. The van der Waals surface area contributed by atoms with E-state index in [0.29, 0.717) is 22.5 Å². The highest BCUT2D eigenvalue weighted by atomic mass is 19.1. The van der Waals surface area contributed by atoms with Gasteiger partial charge in [0.2, 0.25) is 0 Å². The van der Waals surface area contributed by atoms with Crippen molar-refractivity contribution < 1.29 is 9.18 Å². The number of rotatable bonds is 3. The zero-order valence-electron chi connectivity index (χ0n) is 11.3. The van der Waals surface area contributed by atoms with E-state index < -0.39 is 0 Å². The number of amides is 1. The van der Waals surface area contributed by atoms with Gasteiger partial charge in [-0.3, -0.25) is 4.79 Å². The maximum Gasteiger partial charge on any atom is 0.251 e. The van der Waals surface area contributed by atoms with Crippen LogP contribution >= 0.6 is 0 Å². The largest absolute Gasteiger partial charge is 0.397 e. The first-order valence-electron chi connectivity index (χ1n) is 6.16. The molecule has 2 rings (SSSR count). The quantitative estimate of drug-likeness (QED) is 0.753. The maximum absolute atomic E-state index is 13.2. The average molecular weight is 273 g/mol. The lowest BCUT2D eigenvalue weighted by Gasteiger charge is -2.11. The number of anilines is 3. The molecule has 5 heteroatoms. The summed E-state index contributed by atoms with van der Waals surface area (Å²) in [6.45, 7) is 1.69. The first-order valence-corrected chi connectivity index (χ1v) is 6.16. The van der Waals surface area contributed by atoms with Crippen molar-refractivity contribution in [3.8, 4) is 0 Å². The molecular formula is C15H16FN3O. The molecule has 0 saturated carbocycles. The van der Waals surface area contributed by atoms with Crippen molar-refractivity contribution in [1.82, 2.24) is 5.32 Å². The molecule has 0 bridgehead atoms. The molecule has 0 aromatic heterocycles. The number of nitrogens with two attached hydrogens (primary N) is 1. The molecule has 2 aromatic rings. The Kier molecular flexibility index (Phi) is 3.89. The summed E-state index contributed by atoms with van der Waals surface area (Å²) in [6, 6.07) is 9.71. The van der Waals surface area contributed by atoms with Crippen molar-refractivity contribution in [3.05, 3.63) is 53.3 Å². The maximum atomic E-state index is 13.2. The Morgan fingerprint density at radius 1 is 1.20 bits per heavy atom. The normalized spacial score (nSPS) is 10.2. The SMILES string of the molecule is CNC(=O)c1ccc(Nc2ccc(F)c(C)c2)c(N)c1. The van der Waals surface area contributed by atoms with Gasteiger partial charge in [0.25, 0.3) is 5.91 Å². The predicted molar refractivity (Wildman–Crippen MR) is 78.7 cm³/mol. The van der Waals surface area contributed by atoms with E-state index in [4.69, 9.17) is 5.73 Å². The summed E-state index contributed by atoms with van der Waals surface area (Å²) >= 11 is 0. The van der Waals surface area contributed by atoms with Gasteiger partial charge in [-0.25, -0.2) is 4.39 Å². The topological polar surface area (TPSA) is 67.2 Å². The van der Waals surface area contributed by atoms with Crippen LogP contribution in [0, 0.1) is 12.7 Å². The molecule has 0 fully saturated rings. The number of aryl methyl sites for hydroxylation is 1. The number of nitrogens with one attached hydrogen (secondary N) is 2. The van der Waals surface area contributed by atoms with Crippen LogP contribution in [0.2, 0.25) is 0 Å². The van der Waals surface area contributed by atoms with Crippen molar-refractivity contribution in [2.24, 2.45) is 0 Å². The second-order valence-electron chi connectivity index (χ2n) is 4.47. The molecule has 0 heterocycles. The monoisotopic (exact) mass is 273 g/mol. The van der Waals surface area contributed by atoms with E-state index in [1.54, 1.807) is 44.3 Å². The molecule has 104 valence electrons. The Hall–Kier alpha value is -2.56. The molecule has 0 atom stereocenters. The molecule has 0 spiro atoms. The van der Waals surface area contributed by atoms with Crippen LogP contribution in [0.25, 0.3) is 0 Å². The van der Waals surface area contributed by atoms with Gasteiger partial charge in [-0.2, -0.15) is 0 Å². The van der Waals surface area contributed by atoms with Gasteiger partial charge in [0.15, 0.2) is 0 Å². The summed E-state index contributed by atoms with van der Waals surface area (Å²) in [4.78, 5) is 11.5. The van der Waals surface area contributed by atoms with Gasteiger partial charge in [0, 0.05) is 18.3 Å². The number of hydrogen-bond donors (Lipinski definition) is 3. The molecule has 0 unspecified atom stereocenters. The Morgan fingerprint density at radius 2 is 1.95 bits per heavy atom. The summed E-state index contributed by atoms with van der Waals surface area (Å²) in [5, 5.41) is 5.64. The van der Waals surface area contributed by atoms with Gasteiger partial charge in [-0.15, -0.1) is 0 Å². The van der Waals surface area contributed by atoms with Gasteiger partial charge in [0.05, 0.1) is 11.4 Å². The zero-order valence-corrected chi connectivity index (χ0v) is 11.3. The van der Waals surface area contributed by atoms with E-state index in [1.165, 1.54) is 6.07 Å². The van der Waals surface area contributed by atoms with Crippen molar-refractivity contribution in [3.63, 3.8) is 0 Å². The van der Waals surface area contributed by atoms with Crippen molar-refractivity contribution >= 4 is 23.0 Å². The Morgan fingerprint density at radius 3 is 2.55 bits per heavy atom. The minimum Gasteiger partial charge on any atom is -0.397 e. The molecule has 20 heavy (non-hydrogen) atoms. The predicted octanol–water partition coefficient (Wildman–Crippen LogP) is 2.82. The summed E-state index contributed by atoms with van der Waals surface area (Å²) in [6.07, 6.45) is 0. The van der Waals surface area contributed by atoms with E-state index in [-0.39, 0.29) is 11.7 Å². The third-order valence-electron chi connectivity index (χ3n) is 2.98. The van der Waals surface area contributed by atoms with Crippen LogP contribution in [-0.4, -0.2) is 13.0 Å². The molecule has 0 aliphatic rings. The highest BCUT2D eigenvalue weighted by molar-refractivity contribution is 5.96. The van der Waals surface area contributed by atoms with E-state index in [9.17, 15) is 9.18 Å². The number of hydrogen-bond acceptors (Lipinski definition) is 3. The van der Waals surface area contributed by atoms with Crippen LogP contribution in [0.5, 0.6) is 0 Å². The van der Waals surface area contributed by atoms with E-state index in [1.807, 2.05) is 0 Å². The van der Waals surface area contributed by atoms with Gasteiger partial charge in [-0.1, -0.05) is 0 Å².